The molecule has 0 saturated heterocycles. The topological polar surface area (TPSA) is 0 Å². The standard InChI is InChI=1S/C4H9Br2PS/c1-4(2)3-7(5,6)8/h4H,3H2,1-2H3. The van der Waals surface area contributed by atoms with Crippen molar-refractivity contribution in [2.24, 2.45) is 5.92 Å². The Morgan fingerprint density at radius 3 is 1.88 bits per heavy atom. The molecule has 50 valence electrons. The molecule has 0 bridgehead atoms. The molecule has 0 aromatic carbocycles. The SMILES string of the molecule is CC(C)CP(=S)(Br)Br. The maximum absolute atomic E-state index is 5.11. The van der Waals surface area contributed by atoms with Gasteiger partial charge in [-0.25, -0.2) is 0 Å². The lowest BCUT2D eigenvalue weighted by atomic mass is 10.3. The molecule has 4 heteroatoms. The van der Waals surface area contributed by atoms with Crippen LogP contribution in [0.1, 0.15) is 13.8 Å². The summed E-state index contributed by atoms with van der Waals surface area (Å²) in [5, 5.41) is 0. The molecule has 0 fully saturated rings. The molecule has 0 amide bonds. The van der Waals surface area contributed by atoms with E-state index in [1.165, 1.54) is 0 Å². The van der Waals surface area contributed by atoms with E-state index in [4.69, 9.17) is 11.8 Å². The highest BCUT2D eigenvalue weighted by Crippen LogP contribution is 2.62. The van der Waals surface area contributed by atoms with Crippen molar-refractivity contribution >= 4 is 46.2 Å². The summed E-state index contributed by atoms with van der Waals surface area (Å²) in [7, 11) is 0. The van der Waals surface area contributed by atoms with Crippen LogP contribution < -0.4 is 0 Å². The molecular weight excluding hydrogens is 271 g/mol. The van der Waals surface area contributed by atoms with Gasteiger partial charge in [-0.15, -0.1) is 0 Å². The molecule has 0 aromatic rings. The van der Waals surface area contributed by atoms with Gasteiger partial charge in [0.05, 0.1) is 3.44 Å². The summed E-state index contributed by atoms with van der Waals surface area (Å²) in [4.78, 5) is 0. The van der Waals surface area contributed by atoms with Crippen LogP contribution >= 0.6 is 34.4 Å². The van der Waals surface area contributed by atoms with Gasteiger partial charge in [0.2, 0.25) is 0 Å². The number of hydrogen-bond donors (Lipinski definition) is 0. The maximum atomic E-state index is 5.11. The lowest BCUT2D eigenvalue weighted by Crippen LogP contribution is -1.88. The van der Waals surface area contributed by atoms with E-state index in [9.17, 15) is 0 Å². The predicted octanol–water partition coefficient (Wildman–Crippen LogP) is 3.74. The predicted molar refractivity (Wildman–Crippen MR) is 51.8 cm³/mol. The lowest BCUT2D eigenvalue weighted by molar-refractivity contribution is 0.749. The fourth-order valence-electron chi connectivity index (χ4n) is 0.425. The van der Waals surface area contributed by atoms with Crippen LogP contribution in [0, 0.1) is 5.92 Å². The molecule has 0 aliphatic carbocycles. The molecule has 0 rings (SSSR count). The largest absolute Gasteiger partial charge is 0.0770 e. The Bertz CT molecular complexity index is 107. The van der Waals surface area contributed by atoms with Gasteiger partial charge in [-0.05, 0) is 43.1 Å². The fraction of sp³-hybridized carbons (Fsp3) is 1.00. The average molecular weight is 280 g/mol. The van der Waals surface area contributed by atoms with Crippen molar-refractivity contribution in [2.75, 3.05) is 6.16 Å². The van der Waals surface area contributed by atoms with Crippen molar-refractivity contribution in [1.82, 2.24) is 0 Å². The Labute approximate surface area is 71.9 Å². The number of hydrogen-bond acceptors (Lipinski definition) is 1. The van der Waals surface area contributed by atoms with Crippen molar-refractivity contribution in [3.05, 3.63) is 0 Å². The van der Waals surface area contributed by atoms with Crippen molar-refractivity contribution in [3.8, 4) is 0 Å². The molecule has 0 aliphatic heterocycles. The molecule has 0 atom stereocenters. The monoisotopic (exact) mass is 278 g/mol. The molecule has 0 N–H and O–H groups in total. The summed E-state index contributed by atoms with van der Waals surface area (Å²) in [5.74, 6) is 0.694. The van der Waals surface area contributed by atoms with Crippen molar-refractivity contribution in [1.29, 1.82) is 0 Å². The van der Waals surface area contributed by atoms with Crippen LogP contribution in [0.4, 0.5) is 0 Å². The molecule has 0 unspecified atom stereocenters. The highest BCUT2D eigenvalue weighted by atomic mass is 79.9. The Morgan fingerprint density at radius 2 is 1.88 bits per heavy atom. The summed E-state index contributed by atoms with van der Waals surface area (Å²) in [6.07, 6.45) is 1.09. The molecule has 0 spiro atoms. The molecule has 0 aliphatic rings. The van der Waals surface area contributed by atoms with Crippen LogP contribution in [0.25, 0.3) is 0 Å². The third-order valence-electron chi connectivity index (χ3n) is 0.578. The van der Waals surface area contributed by atoms with Gasteiger partial charge in [0.25, 0.3) is 0 Å². The first-order chi connectivity index (χ1) is 3.42. The van der Waals surface area contributed by atoms with Crippen LogP contribution in [0.15, 0.2) is 0 Å². The van der Waals surface area contributed by atoms with Crippen LogP contribution in [0.5, 0.6) is 0 Å². The van der Waals surface area contributed by atoms with Gasteiger partial charge >= 0.3 is 0 Å². The molecule has 0 radical (unpaired) electrons. The van der Waals surface area contributed by atoms with Gasteiger partial charge in [-0.2, -0.15) is 0 Å². The minimum atomic E-state index is -1.26. The van der Waals surface area contributed by atoms with Gasteiger partial charge in [0.15, 0.2) is 0 Å². The first-order valence-corrected chi connectivity index (χ1v) is 9.42. The Morgan fingerprint density at radius 1 is 1.50 bits per heavy atom. The van der Waals surface area contributed by atoms with E-state index in [-0.39, 0.29) is 0 Å². The highest BCUT2D eigenvalue weighted by Gasteiger charge is 2.08. The quantitative estimate of drug-likeness (QED) is 0.694. The molecule has 0 nitrogen and oxygen atoms in total. The molecule has 0 aromatic heterocycles. The zero-order chi connectivity index (χ0) is 6.78. The van der Waals surface area contributed by atoms with Gasteiger partial charge in [-0.3, -0.25) is 0 Å². The van der Waals surface area contributed by atoms with Crippen LogP contribution in [0.3, 0.4) is 0 Å². The zero-order valence-electron chi connectivity index (χ0n) is 4.90. The van der Waals surface area contributed by atoms with E-state index in [0.29, 0.717) is 5.92 Å². The van der Waals surface area contributed by atoms with E-state index >= 15 is 0 Å². The third kappa shape index (κ3) is 7.61. The van der Waals surface area contributed by atoms with E-state index < -0.39 is 3.44 Å². The smallest absolute Gasteiger partial charge is 0.0732 e. The summed E-state index contributed by atoms with van der Waals surface area (Å²) in [6, 6.07) is 0. The minimum absolute atomic E-state index is 0.694. The second-order valence-electron chi connectivity index (χ2n) is 2.15. The number of halogens is 2. The Balaban J connectivity index is 3.56. The van der Waals surface area contributed by atoms with E-state index in [0.717, 1.165) is 6.16 Å². The second-order valence-corrected chi connectivity index (χ2v) is 18.5. The molecular formula is C4H9Br2PS. The van der Waals surface area contributed by atoms with Gasteiger partial charge in [-0.1, -0.05) is 25.7 Å². The summed E-state index contributed by atoms with van der Waals surface area (Å²) >= 11 is 11.9. The van der Waals surface area contributed by atoms with Crippen molar-refractivity contribution < 1.29 is 0 Å². The zero-order valence-corrected chi connectivity index (χ0v) is 9.78. The lowest BCUT2D eigenvalue weighted by Gasteiger charge is -2.07. The highest BCUT2D eigenvalue weighted by molar-refractivity contribution is 9.74. The maximum Gasteiger partial charge on any atom is 0.0770 e. The van der Waals surface area contributed by atoms with Crippen LogP contribution in [0.2, 0.25) is 0 Å². The van der Waals surface area contributed by atoms with E-state index in [1.54, 1.807) is 0 Å². The van der Waals surface area contributed by atoms with E-state index in [2.05, 4.69) is 44.8 Å². The van der Waals surface area contributed by atoms with Gasteiger partial charge < -0.3 is 0 Å². The fourth-order valence-corrected chi connectivity index (χ4v) is 5.64. The molecule has 8 heavy (non-hydrogen) atoms. The van der Waals surface area contributed by atoms with Crippen molar-refractivity contribution in [3.63, 3.8) is 0 Å². The van der Waals surface area contributed by atoms with E-state index in [1.807, 2.05) is 0 Å². The second kappa shape index (κ2) is 3.70. The Kier molecular flexibility index (Phi) is 4.44. The van der Waals surface area contributed by atoms with Gasteiger partial charge in [0.1, 0.15) is 0 Å². The molecule has 0 saturated carbocycles. The van der Waals surface area contributed by atoms with Crippen molar-refractivity contribution in [2.45, 2.75) is 13.8 Å². The summed E-state index contributed by atoms with van der Waals surface area (Å²) in [5.41, 5.74) is 0. The third-order valence-corrected chi connectivity index (χ3v) is 3.92. The average Bonchev–Trinajstić information content (AvgIpc) is 1.21. The number of rotatable bonds is 2. The Hall–Kier alpha value is 1.61. The minimum Gasteiger partial charge on any atom is -0.0732 e. The van der Waals surface area contributed by atoms with Gasteiger partial charge in [0, 0.05) is 0 Å². The molecule has 0 heterocycles. The first-order valence-electron chi connectivity index (χ1n) is 2.40. The summed E-state index contributed by atoms with van der Waals surface area (Å²) in [6.45, 7) is 4.34. The normalized spacial score (nSPS) is 12.6. The van der Waals surface area contributed by atoms with Crippen LogP contribution in [-0.2, 0) is 11.8 Å². The van der Waals surface area contributed by atoms with Crippen LogP contribution in [-0.4, -0.2) is 6.16 Å². The first kappa shape index (κ1) is 9.61. The summed E-state index contributed by atoms with van der Waals surface area (Å²) < 4.78 is -1.26.